The van der Waals surface area contributed by atoms with Crippen LogP contribution in [-0.2, 0) is 6.54 Å². The number of nitrogens with one attached hydrogen (secondary N) is 1. The monoisotopic (exact) mass is 340 g/mol. The Hall–Kier alpha value is -1.53. The fraction of sp³-hybridized carbons (Fsp3) is 0.154. The van der Waals surface area contributed by atoms with Gasteiger partial charge < -0.3 is 16.2 Å². The van der Waals surface area contributed by atoms with Gasteiger partial charge in [-0.05, 0) is 52.7 Å². The molecule has 0 aliphatic heterocycles. The Bertz CT molecular complexity index is 606. The van der Waals surface area contributed by atoms with Crippen LogP contribution in [0, 0.1) is 6.92 Å². The van der Waals surface area contributed by atoms with Gasteiger partial charge in [-0.3, -0.25) is 4.79 Å². The second kappa shape index (κ2) is 5.63. The van der Waals surface area contributed by atoms with E-state index >= 15 is 0 Å². The Morgan fingerprint density at radius 3 is 2.84 bits per heavy atom. The van der Waals surface area contributed by atoms with Crippen molar-refractivity contribution in [1.29, 1.82) is 0 Å². The molecule has 0 spiro atoms. The summed E-state index contributed by atoms with van der Waals surface area (Å²) in [5.74, 6) is -0.0429. The molecule has 0 bridgehead atoms. The third kappa shape index (κ3) is 3.27. The number of amides is 1. The zero-order valence-corrected chi connectivity index (χ0v) is 12.6. The van der Waals surface area contributed by atoms with E-state index in [1.165, 1.54) is 17.4 Å². The number of benzene rings is 1. The molecule has 2 rings (SSSR count). The molecule has 100 valence electrons. The number of aryl methyl sites for hydroxylation is 1. The molecule has 0 saturated heterocycles. The molecule has 1 amide bonds. The van der Waals surface area contributed by atoms with Crippen molar-refractivity contribution < 1.29 is 9.90 Å². The minimum atomic E-state index is -0.166. The first-order valence-corrected chi connectivity index (χ1v) is 7.20. The molecular formula is C13H13BrN2O2S. The number of rotatable bonds is 3. The summed E-state index contributed by atoms with van der Waals surface area (Å²) in [5.41, 5.74) is 7.82. The highest BCUT2D eigenvalue weighted by atomic mass is 79.9. The molecule has 4 nitrogen and oxygen atoms in total. The van der Waals surface area contributed by atoms with Gasteiger partial charge in [0.1, 0.15) is 5.75 Å². The third-order valence-corrected chi connectivity index (χ3v) is 4.76. The van der Waals surface area contributed by atoms with E-state index in [1.54, 1.807) is 12.1 Å². The Kier molecular flexibility index (Phi) is 4.11. The van der Waals surface area contributed by atoms with Gasteiger partial charge in [0.15, 0.2) is 0 Å². The fourth-order valence-corrected chi connectivity index (χ4v) is 3.03. The van der Waals surface area contributed by atoms with Gasteiger partial charge in [0.2, 0.25) is 0 Å². The maximum Gasteiger partial charge on any atom is 0.261 e. The molecule has 2 aromatic rings. The van der Waals surface area contributed by atoms with Crippen LogP contribution in [-0.4, -0.2) is 11.0 Å². The van der Waals surface area contributed by atoms with E-state index in [0.717, 1.165) is 9.35 Å². The number of carbonyl (C=O) groups is 1. The summed E-state index contributed by atoms with van der Waals surface area (Å²) < 4.78 is 0.949. The van der Waals surface area contributed by atoms with Crippen molar-refractivity contribution in [2.24, 2.45) is 0 Å². The smallest absolute Gasteiger partial charge is 0.261 e. The van der Waals surface area contributed by atoms with Crippen LogP contribution in [0.5, 0.6) is 5.75 Å². The van der Waals surface area contributed by atoms with E-state index in [9.17, 15) is 9.90 Å². The average molecular weight is 341 g/mol. The van der Waals surface area contributed by atoms with Crippen molar-refractivity contribution in [1.82, 2.24) is 5.32 Å². The zero-order chi connectivity index (χ0) is 14.0. The highest BCUT2D eigenvalue weighted by molar-refractivity contribution is 9.11. The summed E-state index contributed by atoms with van der Waals surface area (Å²) in [7, 11) is 0. The molecule has 0 aliphatic carbocycles. The van der Waals surface area contributed by atoms with Crippen molar-refractivity contribution >= 4 is 38.9 Å². The Morgan fingerprint density at radius 1 is 1.47 bits per heavy atom. The first-order valence-electron chi connectivity index (χ1n) is 5.59. The number of carbonyl (C=O) groups excluding carboxylic acids is 1. The largest absolute Gasteiger partial charge is 0.508 e. The lowest BCUT2D eigenvalue weighted by Crippen LogP contribution is -2.21. The SMILES string of the molecule is Cc1cc(C(=O)NCc2cc(N)ccc2O)sc1Br. The van der Waals surface area contributed by atoms with Gasteiger partial charge in [-0.25, -0.2) is 0 Å². The van der Waals surface area contributed by atoms with E-state index in [1.807, 2.05) is 13.0 Å². The number of phenols is 1. The standard InChI is InChI=1S/C13H13BrN2O2S/c1-7-4-11(19-12(7)14)13(18)16-6-8-5-9(15)2-3-10(8)17/h2-5,17H,6,15H2,1H3,(H,16,18). The van der Waals surface area contributed by atoms with E-state index in [-0.39, 0.29) is 18.2 Å². The number of nitrogens with two attached hydrogens (primary N) is 1. The minimum absolute atomic E-state index is 0.123. The molecule has 1 aromatic heterocycles. The van der Waals surface area contributed by atoms with E-state index in [0.29, 0.717) is 16.1 Å². The van der Waals surface area contributed by atoms with Crippen LogP contribution in [0.2, 0.25) is 0 Å². The average Bonchev–Trinajstić information content (AvgIpc) is 2.70. The number of aromatic hydroxyl groups is 1. The lowest BCUT2D eigenvalue weighted by atomic mass is 10.2. The number of nitrogen functional groups attached to an aromatic ring is 1. The Labute approximate surface area is 123 Å². The lowest BCUT2D eigenvalue weighted by molar-refractivity contribution is 0.0955. The molecule has 4 N–H and O–H groups in total. The van der Waals surface area contributed by atoms with Gasteiger partial charge in [0.25, 0.3) is 5.91 Å². The summed E-state index contributed by atoms with van der Waals surface area (Å²) in [6.07, 6.45) is 0. The molecule has 6 heteroatoms. The van der Waals surface area contributed by atoms with Crippen LogP contribution in [0.15, 0.2) is 28.1 Å². The quantitative estimate of drug-likeness (QED) is 0.593. The third-order valence-electron chi connectivity index (χ3n) is 2.62. The first kappa shape index (κ1) is 13.9. The molecule has 0 unspecified atom stereocenters. The number of anilines is 1. The maximum atomic E-state index is 11.9. The summed E-state index contributed by atoms with van der Waals surface area (Å²) >= 11 is 4.77. The van der Waals surface area contributed by atoms with E-state index in [4.69, 9.17) is 5.73 Å². The number of thiophene rings is 1. The van der Waals surface area contributed by atoms with Crippen molar-refractivity contribution in [3.8, 4) is 5.75 Å². The molecule has 0 radical (unpaired) electrons. The molecule has 0 fully saturated rings. The van der Waals surface area contributed by atoms with Crippen LogP contribution in [0.1, 0.15) is 20.8 Å². The van der Waals surface area contributed by atoms with Gasteiger partial charge in [-0.2, -0.15) is 0 Å². The molecule has 1 aromatic carbocycles. The van der Waals surface area contributed by atoms with E-state index < -0.39 is 0 Å². The van der Waals surface area contributed by atoms with E-state index in [2.05, 4.69) is 21.2 Å². The highest BCUT2D eigenvalue weighted by Gasteiger charge is 2.11. The fourth-order valence-electron chi connectivity index (χ4n) is 1.58. The van der Waals surface area contributed by atoms with Gasteiger partial charge in [0.05, 0.1) is 8.66 Å². The summed E-state index contributed by atoms with van der Waals surface area (Å²) in [6.45, 7) is 2.17. The number of hydrogen-bond donors (Lipinski definition) is 3. The van der Waals surface area contributed by atoms with Gasteiger partial charge in [-0.1, -0.05) is 0 Å². The maximum absolute atomic E-state index is 11.9. The van der Waals surface area contributed by atoms with Crippen LogP contribution in [0.4, 0.5) is 5.69 Å². The minimum Gasteiger partial charge on any atom is -0.508 e. The van der Waals surface area contributed by atoms with Gasteiger partial charge >= 0.3 is 0 Å². The molecule has 19 heavy (non-hydrogen) atoms. The van der Waals surface area contributed by atoms with Crippen LogP contribution >= 0.6 is 27.3 Å². The first-order chi connectivity index (χ1) is 8.97. The summed E-state index contributed by atoms with van der Waals surface area (Å²) in [4.78, 5) is 12.6. The second-order valence-electron chi connectivity index (χ2n) is 4.14. The van der Waals surface area contributed by atoms with Gasteiger partial charge in [-0.15, -0.1) is 11.3 Å². The second-order valence-corrected chi connectivity index (χ2v) is 6.51. The molecular weight excluding hydrogens is 328 g/mol. The van der Waals surface area contributed by atoms with Crippen molar-refractivity contribution in [2.45, 2.75) is 13.5 Å². The molecule has 0 aliphatic rings. The molecule has 0 saturated carbocycles. The Morgan fingerprint density at radius 2 is 2.21 bits per heavy atom. The zero-order valence-electron chi connectivity index (χ0n) is 10.2. The number of halogens is 1. The van der Waals surface area contributed by atoms with Crippen molar-refractivity contribution in [2.75, 3.05) is 5.73 Å². The molecule has 0 atom stereocenters. The Balaban J connectivity index is 2.06. The van der Waals surface area contributed by atoms with Crippen molar-refractivity contribution in [3.63, 3.8) is 0 Å². The molecule has 1 heterocycles. The normalized spacial score (nSPS) is 10.4. The van der Waals surface area contributed by atoms with Crippen LogP contribution in [0.3, 0.4) is 0 Å². The number of hydrogen-bond acceptors (Lipinski definition) is 4. The summed E-state index contributed by atoms with van der Waals surface area (Å²) in [6, 6.07) is 6.59. The predicted molar refractivity (Wildman–Crippen MR) is 80.4 cm³/mol. The lowest BCUT2D eigenvalue weighted by Gasteiger charge is -2.07. The summed E-state index contributed by atoms with van der Waals surface area (Å²) in [5, 5.41) is 12.4. The van der Waals surface area contributed by atoms with Crippen molar-refractivity contribution in [3.05, 3.63) is 44.1 Å². The van der Waals surface area contributed by atoms with Crippen LogP contribution in [0.25, 0.3) is 0 Å². The van der Waals surface area contributed by atoms with Crippen LogP contribution < -0.4 is 11.1 Å². The highest BCUT2D eigenvalue weighted by Crippen LogP contribution is 2.27. The number of phenolic OH excluding ortho intramolecular Hbond substituents is 1. The predicted octanol–water partition coefficient (Wildman–Crippen LogP) is 3.04. The van der Waals surface area contributed by atoms with Gasteiger partial charge in [0, 0.05) is 17.8 Å². The topological polar surface area (TPSA) is 75.4 Å².